The third-order valence-corrected chi connectivity index (χ3v) is 6.70. The summed E-state index contributed by atoms with van der Waals surface area (Å²) in [7, 11) is -2.15. The van der Waals surface area contributed by atoms with Gasteiger partial charge in [0.15, 0.2) is 0 Å². The molecule has 6 nitrogen and oxygen atoms in total. The van der Waals surface area contributed by atoms with Gasteiger partial charge in [-0.25, -0.2) is 13.2 Å². The van der Waals surface area contributed by atoms with Crippen LogP contribution in [0.15, 0.2) is 53.4 Å². The van der Waals surface area contributed by atoms with Crippen LogP contribution in [-0.4, -0.2) is 56.9 Å². The van der Waals surface area contributed by atoms with E-state index in [1.54, 1.807) is 18.2 Å². The molecule has 0 spiro atoms. The highest BCUT2D eigenvalue weighted by atomic mass is 35.5. The summed E-state index contributed by atoms with van der Waals surface area (Å²) in [6.45, 7) is 2.73. The first-order chi connectivity index (χ1) is 12.9. The monoisotopic (exact) mass is 408 g/mol. The molecule has 2 aromatic rings. The molecule has 1 aliphatic rings. The van der Waals surface area contributed by atoms with Crippen LogP contribution in [0.4, 0.5) is 0 Å². The van der Waals surface area contributed by atoms with Crippen LogP contribution in [0.5, 0.6) is 0 Å². The highest BCUT2D eigenvalue weighted by Crippen LogP contribution is 2.20. The zero-order chi connectivity index (χ0) is 19.4. The van der Waals surface area contributed by atoms with Crippen molar-refractivity contribution in [3.8, 4) is 0 Å². The van der Waals surface area contributed by atoms with Crippen LogP contribution in [0, 0.1) is 0 Å². The topological polar surface area (TPSA) is 66.9 Å². The van der Waals surface area contributed by atoms with Crippen LogP contribution in [0.3, 0.4) is 0 Å². The number of benzene rings is 2. The molecule has 0 unspecified atom stereocenters. The minimum atomic E-state index is -3.51. The van der Waals surface area contributed by atoms with E-state index in [0.717, 1.165) is 5.56 Å². The third-order valence-electron chi connectivity index (χ3n) is 4.54. The second-order valence-corrected chi connectivity index (χ2v) is 8.70. The molecule has 2 aromatic carbocycles. The highest BCUT2D eigenvalue weighted by molar-refractivity contribution is 7.89. The maximum Gasteiger partial charge on any atom is 0.337 e. The molecule has 0 amide bonds. The van der Waals surface area contributed by atoms with E-state index >= 15 is 0 Å². The zero-order valence-electron chi connectivity index (χ0n) is 15.0. The van der Waals surface area contributed by atoms with E-state index in [-0.39, 0.29) is 10.9 Å². The molecule has 144 valence electrons. The van der Waals surface area contributed by atoms with Crippen LogP contribution in [-0.2, 0) is 21.3 Å². The molecule has 0 bridgehead atoms. The van der Waals surface area contributed by atoms with Crippen molar-refractivity contribution in [1.82, 2.24) is 9.21 Å². The lowest BCUT2D eigenvalue weighted by molar-refractivity contribution is 0.0600. The predicted octanol–water partition coefficient (Wildman–Crippen LogP) is 2.63. The van der Waals surface area contributed by atoms with Crippen molar-refractivity contribution >= 4 is 27.6 Å². The first-order valence-corrected chi connectivity index (χ1v) is 10.4. The van der Waals surface area contributed by atoms with Gasteiger partial charge in [0.1, 0.15) is 0 Å². The second kappa shape index (κ2) is 8.39. The molecule has 1 aliphatic heterocycles. The van der Waals surface area contributed by atoms with Crippen LogP contribution < -0.4 is 0 Å². The van der Waals surface area contributed by atoms with Gasteiger partial charge < -0.3 is 4.74 Å². The molecule has 0 N–H and O–H groups in total. The van der Waals surface area contributed by atoms with Crippen molar-refractivity contribution in [2.45, 2.75) is 11.4 Å². The van der Waals surface area contributed by atoms with Gasteiger partial charge in [-0.1, -0.05) is 23.7 Å². The molecule has 0 radical (unpaired) electrons. The van der Waals surface area contributed by atoms with Gasteiger partial charge in [0.2, 0.25) is 10.0 Å². The lowest BCUT2D eigenvalue weighted by atomic mass is 10.1. The molecule has 0 aliphatic carbocycles. The number of hydrogen-bond acceptors (Lipinski definition) is 5. The second-order valence-electron chi connectivity index (χ2n) is 6.33. The van der Waals surface area contributed by atoms with Crippen molar-refractivity contribution in [2.24, 2.45) is 0 Å². The Labute approximate surface area is 164 Å². The van der Waals surface area contributed by atoms with E-state index in [4.69, 9.17) is 16.3 Å². The largest absolute Gasteiger partial charge is 0.465 e. The Morgan fingerprint density at radius 1 is 1.07 bits per heavy atom. The smallest absolute Gasteiger partial charge is 0.337 e. The average Bonchev–Trinajstić information content (AvgIpc) is 2.68. The number of ether oxygens (including phenoxy) is 1. The van der Waals surface area contributed by atoms with Gasteiger partial charge >= 0.3 is 5.97 Å². The number of esters is 1. The number of rotatable bonds is 5. The fourth-order valence-electron chi connectivity index (χ4n) is 3.06. The zero-order valence-corrected chi connectivity index (χ0v) is 16.5. The van der Waals surface area contributed by atoms with Gasteiger partial charge in [0, 0.05) is 37.7 Å². The number of nitrogens with zero attached hydrogens (tertiary/aromatic N) is 2. The maximum atomic E-state index is 12.7. The molecule has 3 rings (SSSR count). The summed E-state index contributed by atoms with van der Waals surface area (Å²) in [4.78, 5) is 14.1. The molecule has 1 heterocycles. The average molecular weight is 409 g/mol. The van der Waals surface area contributed by atoms with E-state index in [9.17, 15) is 13.2 Å². The van der Waals surface area contributed by atoms with Crippen molar-refractivity contribution in [3.05, 3.63) is 64.7 Å². The van der Waals surface area contributed by atoms with E-state index in [1.807, 2.05) is 18.2 Å². The Bertz CT molecular complexity index is 908. The normalized spacial score (nSPS) is 16.2. The van der Waals surface area contributed by atoms with Crippen LogP contribution >= 0.6 is 11.6 Å². The summed E-state index contributed by atoms with van der Waals surface area (Å²) in [5.74, 6) is -0.365. The van der Waals surface area contributed by atoms with Gasteiger partial charge in [-0.15, -0.1) is 0 Å². The van der Waals surface area contributed by atoms with Gasteiger partial charge in [-0.05, 0) is 42.0 Å². The van der Waals surface area contributed by atoms with Gasteiger partial charge in [0.25, 0.3) is 0 Å². The predicted molar refractivity (Wildman–Crippen MR) is 103 cm³/mol. The van der Waals surface area contributed by atoms with E-state index < -0.39 is 10.0 Å². The van der Waals surface area contributed by atoms with E-state index in [1.165, 1.54) is 23.5 Å². The Morgan fingerprint density at radius 2 is 1.74 bits per heavy atom. The Morgan fingerprint density at radius 3 is 2.37 bits per heavy atom. The van der Waals surface area contributed by atoms with Crippen LogP contribution in [0.1, 0.15) is 15.9 Å². The highest BCUT2D eigenvalue weighted by Gasteiger charge is 2.28. The molecule has 27 heavy (non-hydrogen) atoms. The third kappa shape index (κ3) is 4.68. The van der Waals surface area contributed by atoms with Gasteiger partial charge in [0.05, 0.1) is 17.6 Å². The lowest BCUT2D eigenvalue weighted by Gasteiger charge is -2.34. The summed E-state index contributed by atoms with van der Waals surface area (Å²) < 4.78 is 31.7. The molecule has 0 atom stereocenters. The minimum absolute atomic E-state index is 0.256. The first kappa shape index (κ1) is 19.8. The van der Waals surface area contributed by atoms with Crippen molar-refractivity contribution in [1.29, 1.82) is 0 Å². The Kier molecular flexibility index (Phi) is 6.16. The van der Waals surface area contributed by atoms with Crippen molar-refractivity contribution < 1.29 is 17.9 Å². The molecule has 1 saturated heterocycles. The summed E-state index contributed by atoms with van der Waals surface area (Å²) in [6, 6.07) is 13.5. The number of sulfonamides is 1. The van der Waals surface area contributed by atoms with E-state index in [0.29, 0.717) is 43.3 Å². The molecular formula is C19H21ClN2O4S. The quantitative estimate of drug-likeness (QED) is 0.711. The molecule has 0 saturated carbocycles. The number of hydrogen-bond donors (Lipinski definition) is 0. The number of carbonyl (C=O) groups is 1. The lowest BCUT2D eigenvalue weighted by Crippen LogP contribution is -2.48. The minimum Gasteiger partial charge on any atom is -0.465 e. The molecule has 0 aromatic heterocycles. The van der Waals surface area contributed by atoms with Crippen molar-refractivity contribution in [2.75, 3.05) is 33.3 Å². The fraction of sp³-hybridized carbons (Fsp3) is 0.316. The SMILES string of the molecule is COC(=O)c1cccc(CN2CCN(S(=O)(=O)c3ccc(Cl)cc3)CC2)c1. The van der Waals surface area contributed by atoms with Crippen LogP contribution in [0.2, 0.25) is 5.02 Å². The summed E-state index contributed by atoms with van der Waals surface area (Å²) in [6.07, 6.45) is 0. The van der Waals surface area contributed by atoms with E-state index in [2.05, 4.69) is 4.90 Å². The van der Waals surface area contributed by atoms with Crippen molar-refractivity contribution in [3.63, 3.8) is 0 Å². The summed E-state index contributed by atoms with van der Waals surface area (Å²) in [5, 5.41) is 0.507. The van der Waals surface area contributed by atoms with Gasteiger partial charge in [-0.3, -0.25) is 4.90 Å². The fourth-order valence-corrected chi connectivity index (χ4v) is 4.60. The maximum absolute atomic E-state index is 12.7. The Hall–Kier alpha value is -1.93. The Balaban J connectivity index is 1.62. The van der Waals surface area contributed by atoms with Gasteiger partial charge in [-0.2, -0.15) is 4.31 Å². The number of halogens is 1. The molecule has 1 fully saturated rings. The number of methoxy groups -OCH3 is 1. The standard InChI is InChI=1S/C19H21ClN2O4S/c1-26-19(23)16-4-2-3-15(13-16)14-21-9-11-22(12-10-21)27(24,25)18-7-5-17(20)6-8-18/h2-8,13H,9-12,14H2,1H3. The number of carbonyl (C=O) groups excluding carboxylic acids is 1. The van der Waals surface area contributed by atoms with Crippen LogP contribution in [0.25, 0.3) is 0 Å². The number of piperazine rings is 1. The molecular weight excluding hydrogens is 388 g/mol. The molecule has 8 heteroatoms. The summed E-state index contributed by atoms with van der Waals surface area (Å²) in [5.41, 5.74) is 1.51. The first-order valence-electron chi connectivity index (χ1n) is 8.55. The summed E-state index contributed by atoms with van der Waals surface area (Å²) >= 11 is 5.84.